The van der Waals surface area contributed by atoms with Crippen LogP contribution in [0.15, 0.2) is 168 Å². The first-order chi connectivity index (χ1) is 22.3. The Hall–Kier alpha value is -5.99. The van der Waals surface area contributed by atoms with Crippen molar-refractivity contribution in [1.82, 2.24) is 4.98 Å². The molecule has 7 aromatic carbocycles. The molecular formula is C43H27NO. The Balaban J connectivity index is 1.37. The van der Waals surface area contributed by atoms with E-state index in [2.05, 4.69) is 146 Å². The molecule has 0 saturated heterocycles. The Bertz CT molecular complexity index is 2510. The third-order valence-corrected chi connectivity index (χ3v) is 8.94. The first kappa shape index (κ1) is 25.5. The predicted octanol–water partition coefficient (Wildman–Crippen LogP) is 12.0. The summed E-state index contributed by atoms with van der Waals surface area (Å²) >= 11 is 0. The summed E-state index contributed by atoms with van der Waals surface area (Å²) in [6.45, 7) is 0. The first-order valence-electron chi connectivity index (χ1n) is 15.3. The van der Waals surface area contributed by atoms with E-state index in [9.17, 15) is 0 Å². The molecule has 0 spiro atoms. The van der Waals surface area contributed by atoms with Crippen molar-refractivity contribution in [1.29, 1.82) is 0 Å². The Morgan fingerprint density at radius 1 is 0.378 bits per heavy atom. The smallest absolute Gasteiger partial charge is 0.136 e. The summed E-state index contributed by atoms with van der Waals surface area (Å²) in [5.41, 5.74) is 11.1. The van der Waals surface area contributed by atoms with Crippen LogP contribution in [0.2, 0.25) is 0 Å². The maximum atomic E-state index is 6.36. The van der Waals surface area contributed by atoms with Crippen LogP contribution in [0.4, 0.5) is 0 Å². The number of aromatic nitrogens is 1. The highest BCUT2D eigenvalue weighted by atomic mass is 16.3. The fourth-order valence-electron chi connectivity index (χ4n) is 6.90. The van der Waals surface area contributed by atoms with Crippen molar-refractivity contribution < 1.29 is 4.42 Å². The molecule has 0 unspecified atom stereocenters. The largest absolute Gasteiger partial charge is 0.456 e. The van der Waals surface area contributed by atoms with Gasteiger partial charge in [0.2, 0.25) is 0 Å². The molecular weight excluding hydrogens is 546 g/mol. The molecule has 2 aromatic heterocycles. The van der Waals surface area contributed by atoms with Crippen LogP contribution >= 0.6 is 0 Å². The van der Waals surface area contributed by atoms with Crippen molar-refractivity contribution in [2.45, 2.75) is 0 Å². The average molecular weight is 574 g/mol. The van der Waals surface area contributed by atoms with Crippen molar-refractivity contribution in [3.8, 4) is 44.6 Å². The number of benzene rings is 7. The highest BCUT2D eigenvalue weighted by Crippen LogP contribution is 2.47. The molecule has 0 atom stereocenters. The fraction of sp³-hybridized carbons (Fsp3) is 0. The first-order valence-corrected chi connectivity index (χ1v) is 15.3. The van der Waals surface area contributed by atoms with Gasteiger partial charge in [0.05, 0.1) is 5.69 Å². The second-order valence-electron chi connectivity index (χ2n) is 11.5. The monoisotopic (exact) mass is 573 g/mol. The van der Waals surface area contributed by atoms with Crippen LogP contribution in [0.1, 0.15) is 0 Å². The lowest BCUT2D eigenvalue weighted by Crippen LogP contribution is -1.93. The normalized spacial score (nSPS) is 11.6. The molecule has 0 N–H and O–H groups in total. The Labute approximate surface area is 260 Å². The molecule has 0 radical (unpaired) electrons. The molecule has 0 fully saturated rings. The zero-order valence-corrected chi connectivity index (χ0v) is 24.4. The van der Waals surface area contributed by atoms with Gasteiger partial charge in [-0.1, -0.05) is 127 Å². The quantitative estimate of drug-likeness (QED) is 0.196. The Kier molecular flexibility index (Phi) is 5.85. The Morgan fingerprint density at radius 2 is 0.978 bits per heavy atom. The van der Waals surface area contributed by atoms with Crippen LogP contribution in [0.25, 0.3) is 88.1 Å². The summed E-state index contributed by atoms with van der Waals surface area (Å²) in [4.78, 5) is 4.84. The number of hydrogen-bond donors (Lipinski definition) is 0. The minimum atomic E-state index is 0.896. The second kappa shape index (κ2) is 10.3. The SMILES string of the molecule is c1ccc(-c2ccc(-c3ccc4c(-c5ccccn5)c5ccccc5c(-c5cccc6oc7ccccc7c56)c4c3)cc2)cc1. The summed E-state index contributed by atoms with van der Waals surface area (Å²) < 4.78 is 6.36. The number of fused-ring (bicyclic) bond motifs is 5. The van der Waals surface area contributed by atoms with Crippen LogP contribution in [-0.4, -0.2) is 4.98 Å². The average Bonchev–Trinajstić information content (AvgIpc) is 3.50. The number of rotatable bonds is 4. The number of para-hydroxylation sites is 1. The second-order valence-corrected chi connectivity index (χ2v) is 11.5. The van der Waals surface area contributed by atoms with E-state index in [0.29, 0.717) is 0 Å². The van der Waals surface area contributed by atoms with Crippen LogP contribution in [0.3, 0.4) is 0 Å². The van der Waals surface area contributed by atoms with Crippen molar-refractivity contribution in [3.63, 3.8) is 0 Å². The van der Waals surface area contributed by atoms with Gasteiger partial charge in [-0.3, -0.25) is 4.98 Å². The van der Waals surface area contributed by atoms with Gasteiger partial charge >= 0.3 is 0 Å². The molecule has 0 saturated carbocycles. The number of pyridine rings is 1. The highest BCUT2D eigenvalue weighted by Gasteiger charge is 2.21. The maximum Gasteiger partial charge on any atom is 0.136 e. The van der Waals surface area contributed by atoms with Crippen molar-refractivity contribution in [2.75, 3.05) is 0 Å². The maximum absolute atomic E-state index is 6.36. The van der Waals surface area contributed by atoms with Crippen molar-refractivity contribution in [3.05, 3.63) is 164 Å². The van der Waals surface area contributed by atoms with Gasteiger partial charge in [0.15, 0.2) is 0 Å². The lowest BCUT2D eigenvalue weighted by atomic mass is 9.84. The molecule has 0 aliphatic carbocycles. The van der Waals surface area contributed by atoms with E-state index in [0.717, 1.165) is 33.2 Å². The van der Waals surface area contributed by atoms with E-state index in [-0.39, 0.29) is 0 Å². The molecule has 2 nitrogen and oxygen atoms in total. The van der Waals surface area contributed by atoms with Crippen molar-refractivity contribution in [2.24, 2.45) is 0 Å². The summed E-state index contributed by atoms with van der Waals surface area (Å²) in [5.74, 6) is 0. The van der Waals surface area contributed by atoms with Crippen molar-refractivity contribution >= 4 is 43.5 Å². The highest BCUT2D eigenvalue weighted by molar-refractivity contribution is 6.25. The topological polar surface area (TPSA) is 26.0 Å². The summed E-state index contributed by atoms with van der Waals surface area (Å²) in [7, 11) is 0. The van der Waals surface area contributed by atoms with E-state index in [4.69, 9.17) is 9.40 Å². The zero-order valence-electron chi connectivity index (χ0n) is 24.4. The minimum absolute atomic E-state index is 0.896. The zero-order chi connectivity index (χ0) is 29.7. The molecule has 0 bridgehead atoms. The third kappa shape index (κ3) is 4.15. The number of nitrogens with zero attached hydrogens (tertiary/aromatic N) is 1. The van der Waals surface area contributed by atoms with E-state index >= 15 is 0 Å². The molecule has 9 aromatic rings. The fourth-order valence-corrected chi connectivity index (χ4v) is 6.90. The van der Waals surface area contributed by atoms with E-state index < -0.39 is 0 Å². The summed E-state index contributed by atoms with van der Waals surface area (Å²) in [6.07, 6.45) is 1.88. The predicted molar refractivity (Wildman–Crippen MR) is 188 cm³/mol. The molecule has 0 amide bonds. The summed E-state index contributed by atoms with van der Waals surface area (Å²) in [6, 6.07) is 56.0. The van der Waals surface area contributed by atoms with Gasteiger partial charge in [-0.25, -0.2) is 0 Å². The molecule has 2 heteroatoms. The minimum Gasteiger partial charge on any atom is -0.456 e. The van der Waals surface area contributed by atoms with Gasteiger partial charge in [0.25, 0.3) is 0 Å². The lowest BCUT2D eigenvalue weighted by molar-refractivity contribution is 0.669. The molecule has 2 heterocycles. The van der Waals surface area contributed by atoms with Gasteiger partial charge in [-0.2, -0.15) is 0 Å². The van der Waals surface area contributed by atoms with Gasteiger partial charge < -0.3 is 4.42 Å². The molecule has 210 valence electrons. The lowest BCUT2D eigenvalue weighted by Gasteiger charge is -2.19. The van der Waals surface area contributed by atoms with Gasteiger partial charge in [0.1, 0.15) is 11.2 Å². The molecule has 0 aliphatic rings. The van der Waals surface area contributed by atoms with Crippen LogP contribution in [0.5, 0.6) is 0 Å². The van der Waals surface area contributed by atoms with E-state index in [1.165, 1.54) is 54.9 Å². The Morgan fingerprint density at radius 3 is 1.76 bits per heavy atom. The molecule has 9 rings (SSSR count). The van der Waals surface area contributed by atoms with Gasteiger partial charge in [-0.05, 0) is 85.3 Å². The van der Waals surface area contributed by atoms with E-state index in [1.807, 2.05) is 18.3 Å². The molecule has 0 aliphatic heterocycles. The van der Waals surface area contributed by atoms with Crippen LogP contribution in [0, 0.1) is 0 Å². The van der Waals surface area contributed by atoms with Gasteiger partial charge in [-0.15, -0.1) is 0 Å². The standard InChI is InChI=1S/C43H27NO/c1-2-11-28(12-3-1)29-20-22-30(23-21-29)31-24-25-34-37(27-31)41(32-13-4-5-14-33(32)42(34)38-17-8-9-26-44-38)36-16-10-19-40-43(36)35-15-6-7-18-39(35)45-40/h1-27H. The third-order valence-electron chi connectivity index (χ3n) is 8.94. The number of furan rings is 1. The number of hydrogen-bond acceptors (Lipinski definition) is 2. The van der Waals surface area contributed by atoms with Gasteiger partial charge in [0, 0.05) is 22.5 Å². The summed E-state index contributed by atoms with van der Waals surface area (Å²) in [5, 5.41) is 7.02. The van der Waals surface area contributed by atoms with Crippen LogP contribution in [-0.2, 0) is 0 Å². The van der Waals surface area contributed by atoms with Crippen LogP contribution < -0.4 is 0 Å². The molecule has 45 heavy (non-hydrogen) atoms. The van der Waals surface area contributed by atoms with E-state index in [1.54, 1.807) is 0 Å².